The number of rotatable bonds is 3. The molecule has 0 saturated carbocycles. The van der Waals surface area contributed by atoms with E-state index in [2.05, 4.69) is 0 Å². The van der Waals surface area contributed by atoms with Crippen molar-refractivity contribution >= 4 is 33.6 Å². The number of amides is 2. The first-order chi connectivity index (χ1) is 24.6. The average molecular weight is 751 g/mol. The van der Waals surface area contributed by atoms with Crippen LogP contribution in [0.15, 0.2) is 91.0 Å². The summed E-state index contributed by atoms with van der Waals surface area (Å²) in [6, 6.07) is 13.7. The predicted molar refractivity (Wildman–Crippen MR) is 168 cm³/mol. The third-order valence-electron chi connectivity index (χ3n) is 9.03. The Hall–Kier alpha value is -5.80. The van der Waals surface area contributed by atoms with E-state index in [9.17, 15) is 62.3 Å². The molecule has 5 aromatic carbocycles. The Morgan fingerprint density at radius 2 is 0.925 bits per heavy atom. The number of carbonyl (C=O) groups excluding carboxylic acids is 2. The Bertz CT molecular complexity index is 2390. The predicted octanol–water partition coefficient (Wildman–Crippen LogP) is 11.4. The van der Waals surface area contributed by atoms with Crippen LogP contribution in [0.2, 0.25) is 0 Å². The summed E-state index contributed by atoms with van der Waals surface area (Å²) in [6.45, 7) is 0. The Morgan fingerprint density at radius 1 is 0.472 bits per heavy atom. The van der Waals surface area contributed by atoms with E-state index in [0.717, 1.165) is 4.90 Å². The molecular weight excluding hydrogens is 732 g/mol. The van der Waals surface area contributed by atoms with Crippen LogP contribution in [0.4, 0.5) is 52.7 Å². The Kier molecular flexibility index (Phi) is 7.79. The second-order valence-electron chi connectivity index (χ2n) is 12.2. The summed E-state index contributed by atoms with van der Waals surface area (Å²) in [4.78, 5) is 27.1. The van der Waals surface area contributed by atoms with Crippen molar-refractivity contribution in [1.29, 1.82) is 0 Å². The van der Waals surface area contributed by atoms with E-state index >= 15 is 0 Å². The highest BCUT2D eigenvalue weighted by atomic mass is 19.4. The van der Waals surface area contributed by atoms with Crippen molar-refractivity contribution < 1.29 is 62.3 Å². The zero-order chi connectivity index (χ0) is 38.6. The van der Waals surface area contributed by atoms with E-state index in [-0.39, 0.29) is 61.9 Å². The highest BCUT2D eigenvalue weighted by Gasteiger charge is 2.41. The minimum atomic E-state index is -5.25. The van der Waals surface area contributed by atoms with Crippen molar-refractivity contribution in [3.05, 3.63) is 124 Å². The first kappa shape index (κ1) is 35.6. The molecule has 0 saturated heterocycles. The maximum Gasteiger partial charge on any atom is 0.417 e. The fourth-order valence-corrected chi connectivity index (χ4v) is 6.60. The van der Waals surface area contributed by atoms with E-state index < -0.39 is 69.9 Å². The lowest BCUT2D eigenvalue weighted by molar-refractivity contribution is -0.144. The van der Waals surface area contributed by atoms with E-state index in [1.807, 2.05) is 0 Å². The molecule has 0 aliphatic carbocycles. The van der Waals surface area contributed by atoms with Crippen LogP contribution in [0, 0.1) is 0 Å². The first-order valence-corrected chi connectivity index (χ1v) is 15.2. The van der Waals surface area contributed by atoms with Crippen molar-refractivity contribution in [1.82, 2.24) is 9.47 Å². The molecule has 2 amide bonds. The highest BCUT2D eigenvalue weighted by molar-refractivity contribution is 6.23. The molecule has 16 heteroatoms. The lowest BCUT2D eigenvalue weighted by Crippen LogP contribution is -2.24. The molecule has 0 unspecified atom stereocenters. The minimum absolute atomic E-state index is 0.0218. The van der Waals surface area contributed by atoms with Gasteiger partial charge in [-0.15, -0.1) is 0 Å². The number of carbonyl (C=O) groups is 2. The molecule has 2 heterocycles. The Morgan fingerprint density at radius 3 is 1.34 bits per heavy atom. The van der Waals surface area contributed by atoms with Crippen molar-refractivity contribution in [2.75, 3.05) is 7.05 Å². The zero-order valence-corrected chi connectivity index (χ0v) is 26.4. The number of alkyl halides is 12. The maximum absolute atomic E-state index is 14.2. The van der Waals surface area contributed by atoms with Gasteiger partial charge in [-0.05, 0) is 70.8 Å². The second-order valence-corrected chi connectivity index (χ2v) is 12.2. The van der Waals surface area contributed by atoms with Gasteiger partial charge in [0.05, 0.1) is 50.1 Å². The summed E-state index contributed by atoms with van der Waals surface area (Å²) < 4.78 is 167. The molecule has 1 aliphatic heterocycles. The summed E-state index contributed by atoms with van der Waals surface area (Å²) in [5.74, 6) is -1.49. The molecule has 6 aromatic rings. The van der Waals surface area contributed by atoms with Gasteiger partial charge in [0.25, 0.3) is 11.8 Å². The minimum Gasteiger partial charge on any atom is -0.308 e. The van der Waals surface area contributed by atoms with E-state index in [0.29, 0.717) is 24.3 Å². The van der Waals surface area contributed by atoms with Gasteiger partial charge >= 0.3 is 24.7 Å². The molecule has 1 aromatic heterocycles. The molecule has 4 nitrogen and oxygen atoms in total. The van der Waals surface area contributed by atoms with Crippen LogP contribution < -0.4 is 0 Å². The quantitative estimate of drug-likeness (QED) is 0.134. The number of hydrogen-bond donors (Lipinski definition) is 0. The van der Waals surface area contributed by atoms with Crippen LogP contribution in [0.5, 0.6) is 0 Å². The summed E-state index contributed by atoms with van der Waals surface area (Å²) >= 11 is 0. The number of fused-ring (bicyclic) bond motifs is 4. The van der Waals surface area contributed by atoms with Gasteiger partial charge in [-0.25, -0.2) is 0 Å². The molecule has 0 radical (unpaired) electrons. The monoisotopic (exact) mass is 750 g/mol. The molecule has 0 fully saturated rings. The van der Waals surface area contributed by atoms with Crippen LogP contribution in [0.1, 0.15) is 43.0 Å². The molecule has 0 N–H and O–H groups in total. The number of hydrogen-bond acceptors (Lipinski definition) is 2. The average Bonchev–Trinajstić information content (AvgIpc) is 3.52. The largest absolute Gasteiger partial charge is 0.417 e. The summed E-state index contributed by atoms with van der Waals surface area (Å²) in [5, 5.41) is 0.531. The molecule has 7 rings (SSSR count). The van der Waals surface area contributed by atoms with Gasteiger partial charge in [-0.2, -0.15) is 52.7 Å². The zero-order valence-electron chi connectivity index (χ0n) is 26.4. The van der Waals surface area contributed by atoms with Crippen LogP contribution in [-0.4, -0.2) is 28.3 Å². The Balaban J connectivity index is 1.56. The number of imide groups is 1. The van der Waals surface area contributed by atoms with E-state index in [4.69, 9.17) is 0 Å². The first-order valence-electron chi connectivity index (χ1n) is 15.2. The maximum atomic E-state index is 14.2. The smallest absolute Gasteiger partial charge is 0.308 e. The third-order valence-corrected chi connectivity index (χ3v) is 9.03. The number of nitrogens with zero attached hydrogens (tertiary/aromatic N) is 2. The molecule has 53 heavy (non-hydrogen) atoms. The number of halogens is 12. The fraction of sp³-hybridized carbons (Fsp3) is 0.135. The van der Waals surface area contributed by atoms with Crippen molar-refractivity contribution in [3.63, 3.8) is 0 Å². The molecule has 0 spiro atoms. The SMILES string of the molecule is CN1C(=O)c2cccc(-n3c4cc(-c5ccc(C(F)(F)F)cc5C(F)(F)F)ccc4c4ccc(-c5ccc(C(F)(F)F)cc5C(F)(F)F)cc43)c2C1=O. The van der Waals surface area contributed by atoms with Gasteiger partial charge in [-0.3, -0.25) is 14.5 Å². The molecule has 0 bridgehead atoms. The summed E-state index contributed by atoms with van der Waals surface area (Å²) in [5.41, 5.74) is -8.24. The third kappa shape index (κ3) is 5.85. The van der Waals surface area contributed by atoms with Crippen LogP contribution >= 0.6 is 0 Å². The standard InChI is InChI=1S/C37H18F12N2O2/c1-50-32(52)25-3-2-4-28(31(25)33(50)53)51-29-13-17(21-11-7-19(34(38,39)40)15-26(21)36(44,45)46)5-9-23(29)24-10-6-18(14-30(24)51)22-12-8-20(35(41,42)43)16-27(22)37(47,48)49/h2-16H,1H3. The molecule has 272 valence electrons. The number of benzene rings is 5. The van der Waals surface area contributed by atoms with Gasteiger partial charge in [0.1, 0.15) is 0 Å². The van der Waals surface area contributed by atoms with Gasteiger partial charge in [0, 0.05) is 17.8 Å². The molecular formula is C37H18F12N2O2. The van der Waals surface area contributed by atoms with Crippen LogP contribution in [0.3, 0.4) is 0 Å². The lowest BCUT2D eigenvalue weighted by Gasteiger charge is -2.17. The summed E-state index contributed by atoms with van der Waals surface area (Å²) in [6.07, 6.45) is -20.7. The van der Waals surface area contributed by atoms with Gasteiger partial charge in [0.2, 0.25) is 0 Å². The molecule has 1 aliphatic rings. The van der Waals surface area contributed by atoms with Gasteiger partial charge < -0.3 is 4.57 Å². The highest BCUT2D eigenvalue weighted by Crippen LogP contribution is 2.46. The second kappa shape index (κ2) is 11.6. The van der Waals surface area contributed by atoms with Crippen LogP contribution in [0.25, 0.3) is 49.7 Å². The summed E-state index contributed by atoms with van der Waals surface area (Å²) in [7, 11) is 1.20. The topological polar surface area (TPSA) is 42.3 Å². The Labute approximate surface area is 289 Å². The number of aromatic nitrogens is 1. The molecule has 0 atom stereocenters. The van der Waals surface area contributed by atoms with Crippen molar-refractivity contribution in [2.24, 2.45) is 0 Å². The van der Waals surface area contributed by atoms with Gasteiger partial charge in [-0.1, -0.05) is 42.5 Å². The van der Waals surface area contributed by atoms with E-state index in [1.54, 1.807) is 0 Å². The van der Waals surface area contributed by atoms with Crippen molar-refractivity contribution in [2.45, 2.75) is 24.7 Å². The van der Waals surface area contributed by atoms with Crippen molar-refractivity contribution in [3.8, 4) is 27.9 Å². The van der Waals surface area contributed by atoms with Crippen LogP contribution in [-0.2, 0) is 24.7 Å². The fourth-order valence-electron chi connectivity index (χ4n) is 6.60. The van der Waals surface area contributed by atoms with E-state index in [1.165, 1.54) is 66.2 Å². The lowest BCUT2D eigenvalue weighted by atomic mass is 9.95. The van der Waals surface area contributed by atoms with Gasteiger partial charge in [0.15, 0.2) is 0 Å². The normalized spacial score (nSPS) is 14.2.